The molecule has 2 aromatic carbocycles. The predicted octanol–water partition coefficient (Wildman–Crippen LogP) is 6.31. The highest BCUT2D eigenvalue weighted by Crippen LogP contribution is 2.23. The Morgan fingerprint density at radius 3 is 1.79 bits per heavy atom. The first kappa shape index (κ1) is 26.1. The van der Waals surface area contributed by atoms with Crippen LogP contribution >= 0.6 is 0 Å². The summed E-state index contributed by atoms with van der Waals surface area (Å²) >= 11 is 0. The molecule has 2 rings (SSSR count). The summed E-state index contributed by atoms with van der Waals surface area (Å²) in [6.45, 7) is 3.80. The minimum absolute atomic E-state index is 0.0236. The molecule has 0 aliphatic heterocycles. The van der Waals surface area contributed by atoms with E-state index in [1.54, 1.807) is 0 Å². The molecule has 0 fully saturated rings. The maximum absolute atomic E-state index is 12.5. The second-order valence-corrected chi connectivity index (χ2v) is 7.82. The number of carbonyl (C=O) groups is 3. The number of Topliss-reactive ketones (excluding diaryl/α,β-unsaturated/α-hetero) is 1. The lowest BCUT2D eigenvalue weighted by Gasteiger charge is -2.09. The standard InChI is InChI=1S/C25H28F3N2O3/c1-18-13-15-20(16-14-18)29-22(31)11-6-4-2-3-5-7-12-23(32)30-21-10-8-9-19(17-21)24(33)25(26,27)28/h8-10,13-17H,1-7,11-12H2,(H,29,31)(H,30,32). The molecular weight excluding hydrogens is 433 g/mol. The van der Waals surface area contributed by atoms with Gasteiger partial charge in [-0.1, -0.05) is 49.9 Å². The van der Waals surface area contributed by atoms with Crippen molar-refractivity contribution in [3.63, 3.8) is 0 Å². The Bertz CT molecular complexity index is 941. The zero-order valence-corrected chi connectivity index (χ0v) is 18.3. The van der Waals surface area contributed by atoms with Gasteiger partial charge in [0.15, 0.2) is 0 Å². The van der Waals surface area contributed by atoms with Crippen molar-refractivity contribution in [2.75, 3.05) is 10.6 Å². The monoisotopic (exact) mass is 461 g/mol. The van der Waals surface area contributed by atoms with E-state index in [1.807, 2.05) is 24.3 Å². The first-order valence-electron chi connectivity index (χ1n) is 10.9. The van der Waals surface area contributed by atoms with Gasteiger partial charge in [-0.25, -0.2) is 0 Å². The molecule has 0 heterocycles. The van der Waals surface area contributed by atoms with Gasteiger partial charge in [0.25, 0.3) is 5.78 Å². The van der Waals surface area contributed by atoms with Gasteiger partial charge in [-0.15, -0.1) is 0 Å². The van der Waals surface area contributed by atoms with Crippen molar-refractivity contribution in [3.05, 3.63) is 66.6 Å². The van der Waals surface area contributed by atoms with Crippen molar-refractivity contribution >= 4 is 29.0 Å². The summed E-state index contributed by atoms with van der Waals surface area (Å²) in [6, 6.07) is 12.1. The Balaban J connectivity index is 1.55. The van der Waals surface area contributed by atoms with Gasteiger partial charge in [-0.2, -0.15) is 13.2 Å². The smallest absolute Gasteiger partial charge is 0.326 e. The molecule has 0 spiro atoms. The van der Waals surface area contributed by atoms with Crippen LogP contribution in [-0.2, 0) is 9.59 Å². The lowest BCUT2D eigenvalue weighted by atomic mass is 10.1. The van der Waals surface area contributed by atoms with Crippen LogP contribution in [0.25, 0.3) is 0 Å². The van der Waals surface area contributed by atoms with Crippen molar-refractivity contribution in [3.8, 4) is 0 Å². The van der Waals surface area contributed by atoms with Crippen LogP contribution in [0.15, 0.2) is 48.5 Å². The molecule has 5 nitrogen and oxygen atoms in total. The first-order valence-corrected chi connectivity index (χ1v) is 10.9. The van der Waals surface area contributed by atoms with Crippen molar-refractivity contribution < 1.29 is 27.6 Å². The number of hydrogen-bond donors (Lipinski definition) is 2. The van der Waals surface area contributed by atoms with E-state index in [0.29, 0.717) is 12.8 Å². The van der Waals surface area contributed by atoms with Gasteiger partial charge in [-0.05, 0) is 49.6 Å². The summed E-state index contributed by atoms with van der Waals surface area (Å²) in [4.78, 5) is 35.2. The van der Waals surface area contributed by atoms with Gasteiger partial charge in [0.05, 0.1) is 0 Å². The van der Waals surface area contributed by atoms with Crippen LogP contribution in [0.3, 0.4) is 0 Å². The molecule has 2 N–H and O–H groups in total. The summed E-state index contributed by atoms with van der Waals surface area (Å²) in [5, 5.41) is 5.37. The van der Waals surface area contributed by atoms with E-state index in [-0.39, 0.29) is 23.9 Å². The van der Waals surface area contributed by atoms with Crippen molar-refractivity contribution in [2.45, 2.75) is 57.5 Å². The lowest BCUT2D eigenvalue weighted by molar-refractivity contribution is -0.117. The van der Waals surface area contributed by atoms with Gasteiger partial charge in [-0.3, -0.25) is 14.4 Å². The number of anilines is 2. The molecule has 1 radical (unpaired) electrons. The van der Waals surface area contributed by atoms with E-state index in [1.165, 1.54) is 12.1 Å². The maximum atomic E-state index is 12.5. The Kier molecular flexibility index (Phi) is 10.1. The summed E-state index contributed by atoms with van der Waals surface area (Å²) < 4.78 is 37.6. The molecule has 0 saturated carbocycles. The van der Waals surface area contributed by atoms with E-state index in [2.05, 4.69) is 17.6 Å². The fourth-order valence-corrected chi connectivity index (χ4v) is 3.22. The molecular formula is C25H28F3N2O3. The Labute approximate surface area is 191 Å². The van der Waals surface area contributed by atoms with E-state index >= 15 is 0 Å². The number of rotatable bonds is 12. The summed E-state index contributed by atoms with van der Waals surface area (Å²) in [7, 11) is 0. The maximum Gasteiger partial charge on any atom is 0.454 e. The lowest BCUT2D eigenvalue weighted by Crippen LogP contribution is -2.22. The number of nitrogens with one attached hydrogen (secondary N) is 2. The topological polar surface area (TPSA) is 75.3 Å². The van der Waals surface area contributed by atoms with Crippen LogP contribution < -0.4 is 10.6 Å². The highest BCUT2D eigenvalue weighted by molar-refractivity contribution is 6.01. The van der Waals surface area contributed by atoms with Gasteiger partial charge in [0, 0.05) is 29.8 Å². The summed E-state index contributed by atoms with van der Waals surface area (Å²) in [5.41, 5.74) is 1.29. The highest BCUT2D eigenvalue weighted by atomic mass is 19.4. The van der Waals surface area contributed by atoms with Crippen molar-refractivity contribution in [1.29, 1.82) is 0 Å². The quantitative estimate of drug-likeness (QED) is 0.287. The molecule has 0 unspecified atom stereocenters. The third-order valence-electron chi connectivity index (χ3n) is 4.96. The SMILES string of the molecule is [CH2]c1ccc(NC(=O)CCCCCCCCC(=O)Nc2cccc(C(=O)C(F)(F)F)c2)cc1. The molecule has 0 aromatic heterocycles. The zero-order valence-electron chi connectivity index (χ0n) is 18.3. The largest absolute Gasteiger partial charge is 0.454 e. The van der Waals surface area contributed by atoms with Crippen LogP contribution in [0.5, 0.6) is 0 Å². The van der Waals surface area contributed by atoms with Gasteiger partial charge < -0.3 is 10.6 Å². The average Bonchev–Trinajstić information content (AvgIpc) is 2.76. The average molecular weight is 462 g/mol. The molecule has 0 aliphatic carbocycles. The Morgan fingerprint density at radius 2 is 1.24 bits per heavy atom. The van der Waals surface area contributed by atoms with Crippen molar-refractivity contribution in [2.24, 2.45) is 0 Å². The third kappa shape index (κ3) is 9.89. The van der Waals surface area contributed by atoms with E-state index in [4.69, 9.17) is 0 Å². The number of alkyl halides is 3. The molecule has 2 aromatic rings. The van der Waals surface area contributed by atoms with E-state index in [9.17, 15) is 27.6 Å². The number of benzene rings is 2. The molecule has 0 saturated heterocycles. The van der Waals surface area contributed by atoms with Crippen LogP contribution in [0.2, 0.25) is 0 Å². The Hall–Kier alpha value is -3.16. The van der Waals surface area contributed by atoms with E-state index < -0.39 is 17.5 Å². The molecule has 2 amide bonds. The van der Waals surface area contributed by atoms with Crippen LogP contribution in [0, 0.1) is 6.92 Å². The number of carbonyl (C=O) groups excluding carboxylic acids is 3. The number of halogens is 3. The first-order chi connectivity index (χ1) is 15.6. The van der Waals surface area contributed by atoms with E-state index in [0.717, 1.165) is 55.5 Å². The number of ketones is 1. The number of hydrogen-bond acceptors (Lipinski definition) is 3. The minimum Gasteiger partial charge on any atom is -0.326 e. The van der Waals surface area contributed by atoms with Gasteiger partial charge >= 0.3 is 6.18 Å². The van der Waals surface area contributed by atoms with Gasteiger partial charge in [0.2, 0.25) is 11.8 Å². The zero-order chi connectivity index (χ0) is 24.3. The molecule has 8 heteroatoms. The second kappa shape index (κ2) is 12.8. The molecule has 33 heavy (non-hydrogen) atoms. The van der Waals surface area contributed by atoms with Crippen LogP contribution in [-0.4, -0.2) is 23.8 Å². The molecule has 177 valence electrons. The second-order valence-electron chi connectivity index (χ2n) is 7.82. The van der Waals surface area contributed by atoms with Gasteiger partial charge in [0.1, 0.15) is 0 Å². The summed E-state index contributed by atoms with van der Waals surface area (Å²) in [5.74, 6) is -2.27. The normalized spacial score (nSPS) is 11.2. The van der Waals surface area contributed by atoms with Crippen LogP contribution in [0.1, 0.15) is 67.3 Å². The van der Waals surface area contributed by atoms with Crippen molar-refractivity contribution in [1.82, 2.24) is 0 Å². The highest BCUT2D eigenvalue weighted by Gasteiger charge is 2.39. The van der Waals surface area contributed by atoms with Crippen LogP contribution in [0.4, 0.5) is 24.5 Å². The fourth-order valence-electron chi connectivity index (χ4n) is 3.22. The third-order valence-corrected chi connectivity index (χ3v) is 4.96. The predicted molar refractivity (Wildman–Crippen MR) is 122 cm³/mol. The molecule has 0 aliphatic rings. The minimum atomic E-state index is -4.95. The molecule has 0 atom stereocenters. The number of amides is 2. The number of unbranched alkanes of at least 4 members (excludes halogenated alkanes) is 5. The Morgan fingerprint density at radius 1 is 0.727 bits per heavy atom. The molecule has 0 bridgehead atoms. The fraction of sp³-hybridized carbons (Fsp3) is 0.360. The summed E-state index contributed by atoms with van der Waals surface area (Å²) in [6.07, 6.45) is 0.799.